The Morgan fingerprint density at radius 2 is 0.871 bits per heavy atom. The minimum atomic E-state index is -4.68. The van der Waals surface area contributed by atoms with Gasteiger partial charge in [0.2, 0.25) is 0 Å². The number of phenols is 1. The number of phosphoric acid groups is 1. The summed E-state index contributed by atoms with van der Waals surface area (Å²) in [7, 11) is -4.68. The second kappa shape index (κ2) is 24.0. The van der Waals surface area contributed by atoms with E-state index in [1.54, 1.807) is 45.0 Å². The highest BCUT2D eigenvalue weighted by atomic mass is 35.9. The van der Waals surface area contributed by atoms with Crippen LogP contribution in [0, 0.1) is 20.2 Å². The second-order valence-electron chi connectivity index (χ2n) is 11.4. The molecule has 0 saturated carbocycles. The molecule has 0 heterocycles. The van der Waals surface area contributed by atoms with Crippen molar-refractivity contribution in [3.8, 4) is 28.7 Å². The zero-order chi connectivity index (χ0) is 45.9. The van der Waals surface area contributed by atoms with Gasteiger partial charge < -0.3 is 37.4 Å². The van der Waals surface area contributed by atoms with Gasteiger partial charge in [-0.15, -0.1) is 0 Å². The summed E-state index contributed by atoms with van der Waals surface area (Å²) >= 11 is 10.3. The molecule has 0 aliphatic heterocycles. The molecule has 0 fully saturated rings. The van der Waals surface area contributed by atoms with Gasteiger partial charge in [-0.25, -0.2) is 18.9 Å². The minimum absolute atomic E-state index is 0.0454. The fraction of sp³-hybridized carbons (Fsp3) is 0.154. The summed E-state index contributed by atoms with van der Waals surface area (Å²) in [6.07, 6.45) is -3.65. The lowest BCUT2D eigenvalue weighted by molar-refractivity contribution is -0.385. The Labute approximate surface area is 362 Å². The van der Waals surface area contributed by atoms with Gasteiger partial charge in [-0.2, -0.15) is 4.57 Å². The number of halogens is 2. The minimum Gasteiger partial charge on any atom is -0.507 e. The molecule has 328 valence electrons. The van der Waals surface area contributed by atoms with E-state index >= 15 is 0 Å². The van der Waals surface area contributed by atoms with Crippen LogP contribution in [0.4, 0.5) is 11.4 Å². The van der Waals surface area contributed by atoms with Crippen molar-refractivity contribution in [2.45, 2.75) is 20.8 Å². The van der Waals surface area contributed by atoms with Crippen molar-refractivity contribution >= 4 is 65.7 Å². The van der Waals surface area contributed by atoms with Crippen LogP contribution in [0.2, 0.25) is 0 Å². The fourth-order valence-corrected chi connectivity index (χ4v) is 6.65. The number of hydrogen-bond acceptors (Lipinski definition) is 17. The number of phosphoric ester groups is 1. The van der Waals surface area contributed by atoms with Crippen molar-refractivity contribution in [3.05, 3.63) is 158 Å². The number of esters is 3. The fourth-order valence-electron chi connectivity index (χ4n) is 4.51. The molecule has 0 atom stereocenters. The molecule has 1 N–H and O–H groups in total. The number of hydrogen-bond donors (Lipinski definition) is 1. The van der Waals surface area contributed by atoms with Gasteiger partial charge in [0.25, 0.3) is 11.4 Å². The highest BCUT2D eigenvalue weighted by molar-refractivity contribution is 8.05. The number of nitro groups is 2. The average molecular weight is 938 g/mol. The molecule has 0 aromatic heterocycles. The summed E-state index contributed by atoms with van der Waals surface area (Å²) in [6.45, 7) is 5.46. The van der Waals surface area contributed by atoms with Crippen LogP contribution in [0.1, 0.15) is 51.8 Å². The van der Waals surface area contributed by atoms with Crippen molar-refractivity contribution in [2.75, 3.05) is 19.8 Å². The molecule has 5 aromatic carbocycles. The normalized spacial score (nSPS) is 10.5. The van der Waals surface area contributed by atoms with Crippen molar-refractivity contribution in [3.63, 3.8) is 0 Å². The number of nitro benzene ring substituents is 2. The maximum Gasteiger partial charge on any atom is 0.647 e. The highest BCUT2D eigenvalue weighted by Crippen LogP contribution is 2.57. The quantitative estimate of drug-likeness (QED) is 0.0317. The first kappa shape index (κ1) is 49.7. The average Bonchev–Trinajstić information content (AvgIpc) is 3.22. The number of para-hydroxylation sites is 3. The Balaban J connectivity index is 0.000000319. The number of benzene rings is 5. The van der Waals surface area contributed by atoms with Crippen LogP contribution in [-0.4, -0.2) is 52.7 Å². The number of phenolic OH excluding ortho intramolecular Hbond substituents is 1. The van der Waals surface area contributed by atoms with E-state index in [1.807, 2.05) is 0 Å². The summed E-state index contributed by atoms with van der Waals surface area (Å²) in [4.78, 5) is 55.9. The first-order valence-electron chi connectivity index (χ1n) is 17.7. The van der Waals surface area contributed by atoms with Gasteiger partial charge in [0.1, 0.15) is 45.4 Å². The van der Waals surface area contributed by atoms with Crippen molar-refractivity contribution in [2.24, 2.45) is 0 Å². The second-order valence-corrected chi connectivity index (χ2v) is 17.0. The van der Waals surface area contributed by atoms with E-state index in [0.29, 0.717) is 6.61 Å². The molecule has 0 aliphatic carbocycles. The van der Waals surface area contributed by atoms with E-state index in [4.69, 9.17) is 50.3 Å². The maximum absolute atomic E-state index is 13.9. The summed E-state index contributed by atoms with van der Waals surface area (Å²) in [5.41, 5.74) is -0.210. The summed E-state index contributed by atoms with van der Waals surface area (Å²) in [5.74, 6) is -2.32. The standard InChI is InChI=1S/C24H22NO10P.C9H10O3.C6H4Cl2NO4P/c1-3-31-23(26)19-9-5-7-11-21(19)34-36(30,33-18-15-13-17(14-16-18)25(28)29)35-22-12-8-6-10-20(22)24(27)32-4-2;1-2-12-9(11)7-5-3-4-6-8(7)10;7-14(8,12)13-6-3-1-5(2-4-6)9(10)11/h5-16H,3-4H2,1-2H3;3-6,10H,2H2,1H3;1-4H. The number of aromatic hydroxyl groups is 1. The highest BCUT2D eigenvalue weighted by Gasteiger charge is 2.36. The number of carbonyl (C=O) groups is 3. The molecule has 5 rings (SSSR count). The van der Waals surface area contributed by atoms with E-state index in [0.717, 1.165) is 12.1 Å². The van der Waals surface area contributed by atoms with E-state index in [2.05, 4.69) is 4.52 Å². The smallest absolute Gasteiger partial charge is 0.507 e. The van der Waals surface area contributed by atoms with Crippen LogP contribution in [0.5, 0.6) is 28.7 Å². The van der Waals surface area contributed by atoms with Crippen LogP contribution >= 0.6 is 36.4 Å². The van der Waals surface area contributed by atoms with Gasteiger partial charge in [-0.3, -0.25) is 20.2 Å². The Bertz CT molecular complexity index is 2360. The SMILES string of the molecule is CCOC(=O)c1ccccc1O.CCOC(=O)c1ccccc1OP(=O)(Oc1ccc([N+](=O)[O-])cc1)Oc1ccccc1C(=O)OCC.O=[N+]([O-])c1ccc(OP(=O)(Cl)Cl)cc1. The van der Waals surface area contributed by atoms with Crippen LogP contribution < -0.4 is 18.1 Å². The molecule has 0 bridgehead atoms. The molecule has 0 spiro atoms. The van der Waals surface area contributed by atoms with Crippen LogP contribution in [0.3, 0.4) is 0 Å². The molecule has 19 nitrogen and oxygen atoms in total. The van der Waals surface area contributed by atoms with E-state index < -0.39 is 41.7 Å². The van der Waals surface area contributed by atoms with E-state index in [1.165, 1.54) is 84.9 Å². The predicted molar refractivity (Wildman–Crippen MR) is 224 cm³/mol. The van der Waals surface area contributed by atoms with Gasteiger partial charge >= 0.3 is 31.8 Å². The molecule has 62 heavy (non-hydrogen) atoms. The third-order valence-electron chi connectivity index (χ3n) is 7.11. The Morgan fingerprint density at radius 3 is 1.23 bits per heavy atom. The lowest BCUT2D eigenvalue weighted by Crippen LogP contribution is -2.13. The van der Waals surface area contributed by atoms with Crippen LogP contribution in [0.25, 0.3) is 0 Å². The monoisotopic (exact) mass is 936 g/mol. The number of non-ortho nitro benzene ring substituents is 2. The molecule has 0 saturated heterocycles. The molecular formula is C39H36Cl2N2O17P2. The Morgan fingerprint density at radius 1 is 0.532 bits per heavy atom. The van der Waals surface area contributed by atoms with E-state index in [-0.39, 0.29) is 70.0 Å². The lowest BCUT2D eigenvalue weighted by atomic mass is 10.2. The number of rotatable bonds is 16. The first-order valence-corrected chi connectivity index (χ1v) is 22.6. The number of nitrogens with zero attached hydrogens (tertiary/aromatic N) is 2. The molecule has 0 unspecified atom stereocenters. The predicted octanol–water partition coefficient (Wildman–Crippen LogP) is 10.7. The van der Waals surface area contributed by atoms with Gasteiger partial charge in [-0.1, -0.05) is 36.4 Å². The Kier molecular flexibility index (Phi) is 19.2. The third kappa shape index (κ3) is 16.1. The first-order chi connectivity index (χ1) is 29.4. The van der Waals surface area contributed by atoms with Crippen molar-refractivity contribution < 1.29 is 70.8 Å². The molecular weight excluding hydrogens is 901 g/mol. The van der Waals surface area contributed by atoms with Crippen molar-refractivity contribution in [1.29, 1.82) is 0 Å². The molecule has 0 radical (unpaired) electrons. The van der Waals surface area contributed by atoms with E-state index in [9.17, 15) is 48.8 Å². The molecule has 5 aromatic rings. The third-order valence-corrected chi connectivity index (χ3v) is 9.22. The van der Waals surface area contributed by atoms with Crippen molar-refractivity contribution in [1.82, 2.24) is 0 Å². The lowest BCUT2D eigenvalue weighted by Gasteiger charge is -2.21. The van der Waals surface area contributed by atoms with Gasteiger partial charge in [0, 0.05) is 46.7 Å². The topological polar surface area (TPSA) is 256 Å². The van der Waals surface area contributed by atoms with Crippen LogP contribution in [-0.2, 0) is 23.3 Å². The van der Waals surface area contributed by atoms with Gasteiger partial charge in [0.05, 0.1) is 29.7 Å². The zero-order valence-corrected chi connectivity index (χ0v) is 36.0. The summed E-state index contributed by atoms with van der Waals surface area (Å²) in [6, 6.07) is 27.6. The molecule has 0 amide bonds. The number of ether oxygens (including phenoxy) is 3. The number of carbonyl (C=O) groups excluding carboxylic acids is 3. The largest absolute Gasteiger partial charge is 0.647 e. The molecule has 0 aliphatic rings. The summed E-state index contributed by atoms with van der Waals surface area (Å²) in [5, 5.41) is 30.4. The Hall–Kier alpha value is -6.65. The molecule has 23 heteroatoms. The van der Waals surface area contributed by atoms with Crippen LogP contribution in [0.15, 0.2) is 121 Å². The van der Waals surface area contributed by atoms with Gasteiger partial charge in [0.15, 0.2) is 0 Å². The van der Waals surface area contributed by atoms with Gasteiger partial charge in [-0.05, 0) is 81.4 Å². The maximum atomic E-state index is 13.9. The summed E-state index contributed by atoms with van der Waals surface area (Å²) < 4.78 is 60.8. The zero-order valence-electron chi connectivity index (χ0n) is 32.7.